The molecule has 0 radical (unpaired) electrons. The first kappa shape index (κ1) is 10.9. The quantitative estimate of drug-likeness (QED) is 0.716. The average molecular weight is 207 g/mol. The molecule has 1 aromatic heterocycles. The molecule has 2 N–H and O–H groups in total. The highest BCUT2D eigenvalue weighted by Crippen LogP contribution is 2.07. The van der Waals surface area contributed by atoms with Gasteiger partial charge < -0.3 is 14.8 Å². The van der Waals surface area contributed by atoms with Gasteiger partial charge in [-0.3, -0.25) is 4.79 Å². The van der Waals surface area contributed by atoms with Crippen molar-refractivity contribution in [3.05, 3.63) is 23.7 Å². The Balaban J connectivity index is 2.64. The van der Waals surface area contributed by atoms with E-state index in [1.807, 2.05) is 0 Å². The zero-order valence-corrected chi connectivity index (χ0v) is 8.03. The third-order valence-electron chi connectivity index (χ3n) is 1.58. The Morgan fingerprint density at radius 2 is 2.33 bits per heavy atom. The van der Waals surface area contributed by atoms with Crippen molar-refractivity contribution >= 4 is 11.9 Å². The monoisotopic (exact) mass is 207 g/mol. The molecule has 1 amide bonds. The van der Waals surface area contributed by atoms with Crippen molar-refractivity contribution in [1.29, 1.82) is 0 Å². The maximum absolute atomic E-state index is 11.3. The molecule has 0 atom stereocenters. The Morgan fingerprint density at radius 3 is 2.87 bits per heavy atom. The largest absolute Gasteiger partial charge is 0.478 e. The molecule has 0 aromatic carbocycles. The van der Waals surface area contributed by atoms with Gasteiger partial charge in [-0.1, -0.05) is 5.92 Å². The maximum Gasteiger partial charge on any atom is 0.338 e. The van der Waals surface area contributed by atoms with Gasteiger partial charge in [0.1, 0.15) is 6.26 Å². The van der Waals surface area contributed by atoms with Crippen LogP contribution in [-0.2, 0) is 0 Å². The molecule has 0 spiro atoms. The van der Waals surface area contributed by atoms with Gasteiger partial charge in [-0.2, -0.15) is 0 Å². The predicted octanol–water partition coefficient (Wildman–Crippen LogP) is 0.731. The Morgan fingerprint density at radius 1 is 1.60 bits per heavy atom. The number of amides is 1. The second-order valence-electron chi connectivity index (χ2n) is 2.61. The van der Waals surface area contributed by atoms with Crippen molar-refractivity contribution in [1.82, 2.24) is 5.32 Å². The third kappa shape index (κ3) is 2.88. The van der Waals surface area contributed by atoms with Crippen molar-refractivity contribution in [2.45, 2.75) is 6.92 Å². The first-order chi connectivity index (χ1) is 7.15. The summed E-state index contributed by atoms with van der Waals surface area (Å²) >= 11 is 0. The minimum Gasteiger partial charge on any atom is -0.478 e. The Labute approximate surface area is 86.1 Å². The first-order valence-corrected chi connectivity index (χ1v) is 4.14. The van der Waals surface area contributed by atoms with E-state index < -0.39 is 11.9 Å². The summed E-state index contributed by atoms with van der Waals surface area (Å²) in [6.07, 6.45) is 1.02. The molecule has 0 saturated heterocycles. The van der Waals surface area contributed by atoms with E-state index >= 15 is 0 Å². The van der Waals surface area contributed by atoms with Gasteiger partial charge in [0.25, 0.3) is 5.91 Å². The van der Waals surface area contributed by atoms with Crippen LogP contribution in [0.1, 0.15) is 27.8 Å². The lowest BCUT2D eigenvalue weighted by molar-refractivity contribution is 0.0696. The molecule has 78 valence electrons. The molecule has 0 fully saturated rings. The van der Waals surface area contributed by atoms with E-state index in [0.29, 0.717) is 0 Å². The number of hydrogen-bond acceptors (Lipinski definition) is 3. The molecule has 1 heterocycles. The minimum atomic E-state index is -1.13. The molecule has 1 rings (SSSR count). The van der Waals surface area contributed by atoms with Gasteiger partial charge >= 0.3 is 5.97 Å². The van der Waals surface area contributed by atoms with Crippen molar-refractivity contribution in [2.75, 3.05) is 6.54 Å². The van der Waals surface area contributed by atoms with Crippen LogP contribution in [0.3, 0.4) is 0 Å². The zero-order chi connectivity index (χ0) is 11.3. The molecule has 0 aliphatic carbocycles. The normalized spacial score (nSPS) is 8.87. The van der Waals surface area contributed by atoms with Crippen LogP contribution in [0, 0.1) is 11.8 Å². The molecule has 1 aromatic rings. The van der Waals surface area contributed by atoms with Gasteiger partial charge in [0.05, 0.1) is 12.1 Å². The molecule has 0 aliphatic heterocycles. The summed E-state index contributed by atoms with van der Waals surface area (Å²) in [6, 6.07) is 1.16. The van der Waals surface area contributed by atoms with Crippen molar-refractivity contribution in [3.8, 4) is 11.8 Å². The van der Waals surface area contributed by atoms with Crippen molar-refractivity contribution < 1.29 is 19.1 Å². The number of furan rings is 1. The number of aromatic carboxylic acids is 1. The summed E-state index contributed by atoms with van der Waals surface area (Å²) in [5, 5.41) is 11.0. The molecule has 5 nitrogen and oxygen atoms in total. The van der Waals surface area contributed by atoms with Gasteiger partial charge in [0, 0.05) is 6.07 Å². The van der Waals surface area contributed by atoms with Crippen LogP contribution in [0.25, 0.3) is 0 Å². The Kier molecular flexibility index (Phi) is 3.52. The summed E-state index contributed by atoms with van der Waals surface area (Å²) in [7, 11) is 0. The number of carbonyl (C=O) groups excluding carboxylic acids is 1. The predicted molar refractivity (Wildman–Crippen MR) is 51.5 cm³/mol. The van der Waals surface area contributed by atoms with Crippen LogP contribution < -0.4 is 5.32 Å². The van der Waals surface area contributed by atoms with E-state index in [4.69, 9.17) is 9.52 Å². The highest BCUT2D eigenvalue weighted by molar-refractivity contribution is 5.95. The highest BCUT2D eigenvalue weighted by atomic mass is 16.4. The van der Waals surface area contributed by atoms with Gasteiger partial charge in [-0.05, 0) is 6.92 Å². The molecule has 0 aliphatic rings. The summed E-state index contributed by atoms with van der Waals surface area (Å²) in [6.45, 7) is 1.86. The summed E-state index contributed by atoms with van der Waals surface area (Å²) in [5.74, 6) is 3.60. The summed E-state index contributed by atoms with van der Waals surface area (Å²) in [5.41, 5.74) is -0.0540. The second kappa shape index (κ2) is 4.86. The fraction of sp³-hybridized carbons (Fsp3) is 0.200. The van der Waals surface area contributed by atoms with Gasteiger partial charge in [-0.25, -0.2) is 4.79 Å². The molecule has 0 bridgehead atoms. The molecular weight excluding hydrogens is 198 g/mol. The van der Waals surface area contributed by atoms with E-state index in [1.54, 1.807) is 6.92 Å². The Bertz CT molecular complexity index is 436. The SMILES string of the molecule is CC#CCNC(=O)c1cc(C(=O)O)co1. The molecule has 15 heavy (non-hydrogen) atoms. The maximum atomic E-state index is 11.3. The molecule has 5 heteroatoms. The smallest absolute Gasteiger partial charge is 0.338 e. The zero-order valence-electron chi connectivity index (χ0n) is 8.03. The van der Waals surface area contributed by atoms with E-state index in [1.165, 1.54) is 0 Å². The third-order valence-corrected chi connectivity index (χ3v) is 1.58. The van der Waals surface area contributed by atoms with Crippen LogP contribution in [0.2, 0.25) is 0 Å². The lowest BCUT2D eigenvalue weighted by Crippen LogP contribution is -2.23. The molecular formula is C10H9NO4. The number of hydrogen-bond donors (Lipinski definition) is 2. The van der Waals surface area contributed by atoms with Crippen LogP contribution in [-0.4, -0.2) is 23.5 Å². The highest BCUT2D eigenvalue weighted by Gasteiger charge is 2.13. The van der Waals surface area contributed by atoms with Crippen LogP contribution in [0.5, 0.6) is 0 Å². The summed E-state index contributed by atoms with van der Waals surface area (Å²) < 4.78 is 4.78. The average Bonchev–Trinajstić information content (AvgIpc) is 2.66. The minimum absolute atomic E-state index is 0.0368. The first-order valence-electron chi connectivity index (χ1n) is 4.14. The van der Waals surface area contributed by atoms with Gasteiger partial charge in [-0.15, -0.1) is 5.92 Å². The number of rotatable bonds is 3. The van der Waals surface area contributed by atoms with Gasteiger partial charge in [0.15, 0.2) is 5.76 Å². The fourth-order valence-electron chi connectivity index (χ4n) is 0.867. The summed E-state index contributed by atoms with van der Waals surface area (Å²) in [4.78, 5) is 21.8. The molecule has 0 saturated carbocycles. The second-order valence-corrected chi connectivity index (χ2v) is 2.61. The Hall–Kier alpha value is -2.22. The number of nitrogens with one attached hydrogen (secondary N) is 1. The lowest BCUT2D eigenvalue weighted by atomic mass is 10.3. The van der Waals surface area contributed by atoms with Gasteiger partial charge in [0.2, 0.25) is 0 Å². The van der Waals surface area contributed by atoms with E-state index in [-0.39, 0.29) is 17.9 Å². The van der Waals surface area contributed by atoms with E-state index in [2.05, 4.69) is 17.2 Å². The molecule has 0 unspecified atom stereocenters. The van der Waals surface area contributed by atoms with Crippen LogP contribution in [0.15, 0.2) is 16.7 Å². The van der Waals surface area contributed by atoms with Crippen molar-refractivity contribution in [2.24, 2.45) is 0 Å². The fourth-order valence-corrected chi connectivity index (χ4v) is 0.867. The topological polar surface area (TPSA) is 79.5 Å². The van der Waals surface area contributed by atoms with Crippen LogP contribution >= 0.6 is 0 Å². The van der Waals surface area contributed by atoms with E-state index in [0.717, 1.165) is 12.3 Å². The number of carboxylic acid groups (broad SMARTS) is 1. The lowest BCUT2D eigenvalue weighted by Gasteiger charge is -1.95. The number of carbonyl (C=O) groups is 2. The van der Waals surface area contributed by atoms with Crippen molar-refractivity contribution in [3.63, 3.8) is 0 Å². The van der Waals surface area contributed by atoms with Crippen LogP contribution in [0.4, 0.5) is 0 Å². The van der Waals surface area contributed by atoms with E-state index in [9.17, 15) is 9.59 Å². The number of carboxylic acids is 1. The standard InChI is InChI=1S/C10H9NO4/c1-2-3-4-11-9(12)8-5-7(6-15-8)10(13)14/h5-6H,4H2,1H3,(H,11,12)(H,13,14).